The highest BCUT2D eigenvalue weighted by Crippen LogP contribution is 2.29. The third kappa shape index (κ3) is 2.78. The van der Waals surface area contributed by atoms with Gasteiger partial charge in [0.1, 0.15) is 0 Å². The highest BCUT2D eigenvalue weighted by atomic mass is 16.5. The first-order valence-electron chi connectivity index (χ1n) is 6.36. The minimum absolute atomic E-state index is 0.469. The highest BCUT2D eigenvalue weighted by Gasteiger charge is 2.37. The van der Waals surface area contributed by atoms with Crippen molar-refractivity contribution in [3.05, 3.63) is 71.8 Å². The van der Waals surface area contributed by atoms with Crippen molar-refractivity contribution in [3.63, 3.8) is 0 Å². The molecule has 1 N–H and O–H groups in total. The summed E-state index contributed by atoms with van der Waals surface area (Å²) in [6.45, 7) is 1.47. The molecule has 3 rings (SSSR count). The van der Waals surface area contributed by atoms with Gasteiger partial charge in [-0.3, -0.25) is 0 Å². The molecular formula is C16H17NO. The normalized spacial score (nSPS) is 21.8. The first-order valence-corrected chi connectivity index (χ1v) is 6.36. The molecule has 1 aliphatic heterocycles. The summed E-state index contributed by atoms with van der Waals surface area (Å²) in [4.78, 5) is 0. The van der Waals surface area contributed by atoms with Crippen molar-refractivity contribution in [1.29, 1.82) is 0 Å². The average Bonchev–Trinajstić information content (AvgIpc) is 3.21. The molecule has 0 aliphatic carbocycles. The van der Waals surface area contributed by atoms with Gasteiger partial charge in [-0.1, -0.05) is 60.7 Å². The molecule has 2 aromatic carbocycles. The monoisotopic (exact) mass is 239 g/mol. The molecule has 2 atom stereocenters. The molecule has 18 heavy (non-hydrogen) atoms. The Kier molecular flexibility index (Phi) is 3.40. The lowest BCUT2D eigenvalue weighted by Gasteiger charge is -2.03. The van der Waals surface area contributed by atoms with Gasteiger partial charge in [-0.2, -0.15) is 0 Å². The van der Waals surface area contributed by atoms with Gasteiger partial charge < -0.3 is 10.1 Å². The van der Waals surface area contributed by atoms with Gasteiger partial charge in [-0.05, 0) is 11.1 Å². The maximum absolute atomic E-state index is 5.73. The number of nitrogens with one attached hydrogen (secondary N) is 1. The van der Waals surface area contributed by atoms with E-state index in [0.717, 1.165) is 6.61 Å². The van der Waals surface area contributed by atoms with Crippen LogP contribution in [0.5, 0.6) is 0 Å². The number of ether oxygens (including phenoxy) is 1. The lowest BCUT2D eigenvalue weighted by atomic mass is 10.1. The van der Waals surface area contributed by atoms with Crippen molar-refractivity contribution in [1.82, 2.24) is 5.32 Å². The van der Waals surface area contributed by atoms with E-state index in [-0.39, 0.29) is 0 Å². The van der Waals surface area contributed by atoms with E-state index < -0.39 is 0 Å². The second-order valence-corrected chi connectivity index (χ2v) is 4.66. The van der Waals surface area contributed by atoms with E-state index in [0.29, 0.717) is 18.7 Å². The molecule has 0 saturated carbocycles. The van der Waals surface area contributed by atoms with E-state index in [1.165, 1.54) is 11.1 Å². The van der Waals surface area contributed by atoms with Crippen molar-refractivity contribution in [2.45, 2.75) is 18.7 Å². The van der Waals surface area contributed by atoms with Crippen LogP contribution in [0.2, 0.25) is 0 Å². The van der Waals surface area contributed by atoms with Crippen LogP contribution in [0.4, 0.5) is 0 Å². The lowest BCUT2D eigenvalue weighted by molar-refractivity contribution is 0.121. The van der Waals surface area contributed by atoms with Crippen LogP contribution in [-0.4, -0.2) is 12.6 Å². The zero-order chi connectivity index (χ0) is 12.2. The minimum atomic E-state index is 0.469. The summed E-state index contributed by atoms with van der Waals surface area (Å²) in [5.74, 6) is 0. The molecule has 1 aliphatic rings. The second-order valence-electron chi connectivity index (χ2n) is 4.66. The molecule has 0 aromatic heterocycles. The second kappa shape index (κ2) is 5.34. The van der Waals surface area contributed by atoms with Gasteiger partial charge in [0.05, 0.1) is 25.3 Å². The quantitative estimate of drug-likeness (QED) is 0.813. The summed E-state index contributed by atoms with van der Waals surface area (Å²) in [5, 5.41) is 3.45. The van der Waals surface area contributed by atoms with Gasteiger partial charge in [0.15, 0.2) is 0 Å². The first-order chi connectivity index (χ1) is 8.93. The van der Waals surface area contributed by atoms with Crippen LogP contribution >= 0.6 is 0 Å². The van der Waals surface area contributed by atoms with E-state index in [1.807, 2.05) is 24.3 Å². The topological polar surface area (TPSA) is 31.2 Å². The molecular weight excluding hydrogens is 222 g/mol. The molecule has 1 fully saturated rings. The van der Waals surface area contributed by atoms with E-state index in [9.17, 15) is 0 Å². The van der Waals surface area contributed by atoms with Crippen molar-refractivity contribution in [3.8, 4) is 0 Å². The maximum atomic E-state index is 5.73. The Morgan fingerprint density at radius 3 is 2.28 bits per heavy atom. The SMILES string of the molecule is c1ccc(COC[C@@H]2N[C@H]2c2ccccc2)cc1. The van der Waals surface area contributed by atoms with Gasteiger partial charge in [0.25, 0.3) is 0 Å². The first kappa shape index (κ1) is 11.5. The Hall–Kier alpha value is -1.64. The van der Waals surface area contributed by atoms with E-state index in [2.05, 4.69) is 41.7 Å². The molecule has 0 unspecified atom stereocenters. The molecule has 0 bridgehead atoms. The lowest BCUT2D eigenvalue weighted by Crippen LogP contribution is -2.04. The van der Waals surface area contributed by atoms with Crippen molar-refractivity contribution in [2.75, 3.05) is 6.61 Å². The van der Waals surface area contributed by atoms with Gasteiger partial charge in [0.2, 0.25) is 0 Å². The van der Waals surface area contributed by atoms with Gasteiger partial charge in [-0.25, -0.2) is 0 Å². The maximum Gasteiger partial charge on any atom is 0.0717 e. The van der Waals surface area contributed by atoms with Crippen molar-refractivity contribution >= 4 is 0 Å². The molecule has 92 valence electrons. The fourth-order valence-corrected chi connectivity index (χ4v) is 2.19. The predicted octanol–water partition coefficient (Wildman–Crippen LogP) is 2.92. The predicted molar refractivity (Wildman–Crippen MR) is 72.2 cm³/mol. The Labute approximate surface area is 108 Å². The summed E-state index contributed by atoms with van der Waals surface area (Å²) >= 11 is 0. The van der Waals surface area contributed by atoms with Crippen LogP contribution in [-0.2, 0) is 11.3 Å². The molecule has 1 saturated heterocycles. The van der Waals surface area contributed by atoms with Crippen LogP contribution < -0.4 is 5.32 Å². The molecule has 2 aromatic rings. The summed E-state index contributed by atoms with van der Waals surface area (Å²) in [6.07, 6.45) is 0. The fourth-order valence-electron chi connectivity index (χ4n) is 2.19. The van der Waals surface area contributed by atoms with Crippen LogP contribution in [0.3, 0.4) is 0 Å². The molecule has 1 heterocycles. The summed E-state index contributed by atoms with van der Waals surface area (Å²) in [7, 11) is 0. The number of benzene rings is 2. The molecule has 2 heteroatoms. The van der Waals surface area contributed by atoms with Gasteiger partial charge in [0, 0.05) is 0 Å². The van der Waals surface area contributed by atoms with Crippen LogP contribution in [0.25, 0.3) is 0 Å². The highest BCUT2D eigenvalue weighted by molar-refractivity contribution is 5.26. The van der Waals surface area contributed by atoms with Gasteiger partial charge >= 0.3 is 0 Å². The van der Waals surface area contributed by atoms with E-state index in [1.54, 1.807) is 0 Å². The number of hydrogen-bond acceptors (Lipinski definition) is 2. The van der Waals surface area contributed by atoms with Gasteiger partial charge in [-0.15, -0.1) is 0 Å². The summed E-state index contributed by atoms with van der Waals surface area (Å²) < 4.78 is 5.73. The Balaban J connectivity index is 1.44. The Morgan fingerprint density at radius 2 is 1.56 bits per heavy atom. The van der Waals surface area contributed by atoms with E-state index in [4.69, 9.17) is 4.74 Å². The Morgan fingerprint density at radius 1 is 0.889 bits per heavy atom. The average molecular weight is 239 g/mol. The zero-order valence-electron chi connectivity index (χ0n) is 10.3. The minimum Gasteiger partial charge on any atom is -0.375 e. The van der Waals surface area contributed by atoms with Crippen LogP contribution in [0.15, 0.2) is 60.7 Å². The molecule has 0 radical (unpaired) electrons. The zero-order valence-corrected chi connectivity index (χ0v) is 10.3. The summed E-state index contributed by atoms with van der Waals surface area (Å²) in [6, 6.07) is 21.8. The molecule has 0 spiro atoms. The summed E-state index contributed by atoms with van der Waals surface area (Å²) in [5.41, 5.74) is 2.58. The fraction of sp³-hybridized carbons (Fsp3) is 0.250. The molecule has 0 amide bonds. The van der Waals surface area contributed by atoms with E-state index >= 15 is 0 Å². The smallest absolute Gasteiger partial charge is 0.0717 e. The van der Waals surface area contributed by atoms with Crippen molar-refractivity contribution < 1.29 is 4.74 Å². The van der Waals surface area contributed by atoms with Crippen LogP contribution in [0.1, 0.15) is 17.2 Å². The largest absolute Gasteiger partial charge is 0.375 e. The van der Waals surface area contributed by atoms with Crippen LogP contribution in [0, 0.1) is 0 Å². The number of hydrogen-bond donors (Lipinski definition) is 1. The third-order valence-electron chi connectivity index (χ3n) is 3.25. The number of rotatable bonds is 5. The molecule has 2 nitrogen and oxygen atoms in total. The Bertz CT molecular complexity index is 483. The third-order valence-corrected chi connectivity index (χ3v) is 3.25. The van der Waals surface area contributed by atoms with Crippen molar-refractivity contribution in [2.24, 2.45) is 0 Å². The standard InChI is InChI=1S/C16H17NO/c1-3-7-13(8-4-1)11-18-12-15-16(17-15)14-9-5-2-6-10-14/h1-10,15-17H,11-12H2/t15-,16-/m0/s1.